The van der Waals surface area contributed by atoms with Crippen LogP contribution in [-0.2, 0) is 4.79 Å². The average Bonchev–Trinajstić information content (AvgIpc) is 3.00. The van der Waals surface area contributed by atoms with E-state index in [4.69, 9.17) is 0 Å². The van der Waals surface area contributed by atoms with Crippen LogP contribution in [0, 0.1) is 11.6 Å². The highest BCUT2D eigenvalue weighted by Gasteiger charge is 2.26. The lowest BCUT2D eigenvalue weighted by Crippen LogP contribution is -2.30. The van der Waals surface area contributed by atoms with Gasteiger partial charge in [-0.3, -0.25) is 9.36 Å². The standard InChI is InChI=1S/C20H18F2N4OS/c21-14-6-4-13(5-7-14)18-24-25-20(26(18)16-10-8-15(22)9-11-16)28-17-3-1-2-12-23-19(17)27/h4-11,17H,1-3,12H2,(H,23,27)/t17-/m1/s1. The van der Waals surface area contributed by atoms with Crippen LogP contribution in [-0.4, -0.2) is 32.5 Å². The van der Waals surface area contributed by atoms with E-state index >= 15 is 0 Å². The number of aromatic nitrogens is 3. The van der Waals surface area contributed by atoms with Gasteiger partial charge in [-0.15, -0.1) is 10.2 Å². The maximum atomic E-state index is 13.4. The lowest BCUT2D eigenvalue weighted by atomic mass is 10.2. The van der Waals surface area contributed by atoms with Gasteiger partial charge in [-0.05, 0) is 61.4 Å². The van der Waals surface area contributed by atoms with Gasteiger partial charge >= 0.3 is 0 Å². The molecule has 1 aliphatic heterocycles. The number of carbonyl (C=O) groups is 1. The molecule has 1 aromatic heterocycles. The molecule has 3 aromatic rings. The van der Waals surface area contributed by atoms with E-state index in [-0.39, 0.29) is 22.8 Å². The van der Waals surface area contributed by atoms with Crippen molar-refractivity contribution in [2.45, 2.75) is 29.7 Å². The summed E-state index contributed by atoms with van der Waals surface area (Å²) in [5.74, 6) is -0.207. The fourth-order valence-electron chi connectivity index (χ4n) is 3.11. The van der Waals surface area contributed by atoms with E-state index in [1.807, 2.05) is 0 Å². The van der Waals surface area contributed by atoms with Crippen molar-refractivity contribution in [3.8, 4) is 17.1 Å². The lowest BCUT2D eigenvalue weighted by molar-refractivity contribution is -0.120. The van der Waals surface area contributed by atoms with Crippen LogP contribution in [0.25, 0.3) is 17.1 Å². The number of amides is 1. The summed E-state index contributed by atoms with van der Waals surface area (Å²) >= 11 is 1.34. The first-order valence-corrected chi connectivity index (χ1v) is 9.91. The van der Waals surface area contributed by atoms with Crippen LogP contribution in [0.5, 0.6) is 0 Å². The number of nitrogens with zero attached hydrogens (tertiary/aromatic N) is 3. The van der Waals surface area contributed by atoms with Crippen LogP contribution >= 0.6 is 11.8 Å². The summed E-state index contributed by atoms with van der Waals surface area (Å²) in [6, 6.07) is 11.9. The van der Waals surface area contributed by atoms with E-state index in [1.165, 1.54) is 36.0 Å². The number of carbonyl (C=O) groups excluding carboxylic acids is 1. The summed E-state index contributed by atoms with van der Waals surface area (Å²) in [5, 5.41) is 11.7. The first-order valence-electron chi connectivity index (χ1n) is 9.03. The van der Waals surface area contributed by atoms with Crippen LogP contribution in [0.1, 0.15) is 19.3 Å². The molecule has 1 saturated heterocycles. The van der Waals surface area contributed by atoms with Crippen molar-refractivity contribution in [2.75, 3.05) is 6.54 Å². The zero-order valence-corrected chi connectivity index (χ0v) is 15.8. The van der Waals surface area contributed by atoms with Crippen molar-refractivity contribution in [2.24, 2.45) is 0 Å². The van der Waals surface area contributed by atoms with Gasteiger partial charge in [0.05, 0.1) is 5.25 Å². The van der Waals surface area contributed by atoms with Gasteiger partial charge in [0.2, 0.25) is 5.91 Å². The lowest BCUT2D eigenvalue weighted by Gasteiger charge is -2.14. The van der Waals surface area contributed by atoms with Gasteiger partial charge in [0.15, 0.2) is 11.0 Å². The number of nitrogens with one attached hydrogen (secondary N) is 1. The second kappa shape index (κ2) is 8.10. The van der Waals surface area contributed by atoms with Gasteiger partial charge in [0, 0.05) is 17.8 Å². The summed E-state index contributed by atoms with van der Waals surface area (Å²) < 4.78 is 28.5. The maximum absolute atomic E-state index is 13.4. The van der Waals surface area contributed by atoms with Gasteiger partial charge in [-0.1, -0.05) is 18.2 Å². The first-order chi connectivity index (χ1) is 13.6. The van der Waals surface area contributed by atoms with Gasteiger partial charge in [-0.25, -0.2) is 8.78 Å². The third-order valence-corrected chi connectivity index (χ3v) is 5.76. The highest BCUT2D eigenvalue weighted by atomic mass is 32.2. The summed E-state index contributed by atoms with van der Waals surface area (Å²) in [7, 11) is 0. The monoisotopic (exact) mass is 400 g/mol. The number of thioether (sulfide) groups is 1. The van der Waals surface area contributed by atoms with E-state index in [0.29, 0.717) is 28.8 Å². The molecule has 1 atom stereocenters. The molecule has 0 saturated carbocycles. The van der Waals surface area contributed by atoms with Crippen LogP contribution in [0.2, 0.25) is 0 Å². The summed E-state index contributed by atoms with van der Waals surface area (Å²) in [4.78, 5) is 12.3. The second-order valence-electron chi connectivity index (χ2n) is 6.52. The minimum Gasteiger partial charge on any atom is -0.355 e. The zero-order valence-electron chi connectivity index (χ0n) is 14.9. The first kappa shape index (κ1) is 18.6. The van der Waals surface area contributed by atoms with Crippen LogP contribution in [0.15, 0.2) is 53.7 Å². The van der Waals surface area contributed by atoms with Crippen LogP contribution < -0.4 is 5.32 Å². The Morgan fingerprint density at radius 2 is 1.64 bits per heavy atom. The third kappa shape index (κ3) is 3.91. The SMILES string of the molecule is O=C1NCCCC[C@H]1Sc1nnc(-c2ccc(F)cc2)n1-c1ccc(F)cc1. The molecule has 8 heteroatoms. The molecule has 28 heavy (non-hydrogen) atoms. The van der Waals surface area contributed by atoms with Crippen molar-refractivity contribution in [3.05, 3.63) is 60.2 Å². The number of hydrogen-bond acceptors (Lipinski definition) is 4. The Labute approximate surface area is 165 Å². The molecule has 0 bridgehead atoms. The summed E-state index contributed by atoms with van der Waals surface area (Å²) in [6.07, 6.45) is 2.65. The van der Waals surface area contributed by atoms with E-state index in [0.717, 1.165) is 19.3 Å². The van der Waals surface area contributed by atoms with E-state index in [2.05, 4.69) is 15.5 Å². The van der Waals surface area contributed by atoms with Gasteiger partial charge < -0.3 is 5.32 Å². The number of hydrogen-bond donors (Lipinski definition) is 1. The fourth-order valence-corrected chi connectivity index (χ4v) is 4.22. The summed E-state index contributed by atoms with van der Waals surface area (Å²) in [6.45, 7) is 0.682. The second-order valence-corrected chi connectivity index (χ2v) is 7.69. The molecule has 1 fully saturated rings. The summed E-state index contributed by atoms with van der Waals surface area (Å²) in [5.41, 5.74) is 1.35. The molecule has 0 spiro atoms. The minimum absolute atomic E-state index is 0.0144. The highest BCUT2D eigenvalue weighted by Crippen LogP contribution is 2.32. The Morgan fingerprint density at radius 1 is 0.964 bits per heavy atom. The minimum atomic E-state index is -0.350. The number of rotatable bonds is 4. The van der Waals surface area contributed by atoms with Crippen molar-refractivity contribution in [3.63, 3.8) is 0 Å². The molecule has 144 valence electrons. The molecule has 5 nitrogen and oxygen atoms in total. The predicted molar refractivity (Wildman–Crippen MR) is 103 cm³/mol. The largest absolute Gasteiger partial charge is 0.355 e. The molecule has 2 aromatic carbocycles. The zero-order chi connectivity index (χ0) is 19.5. The molecule has 4 rings (SSSR count). The topological polar surface area (TPSA) is 59.8 Å². The third-order valence-electron chi connectivity index (χ3n) is 4.55. The molecule has 1 N–H and O–H groups in total. The molecule has 2 heterocycles. The van der Waals surface area contributed by atoms with Gasteiger partial charge in [-0.2, -0.15) is 0 Å². The molecule has 0 unspecified atom stereocenters. The Balaban J connectivity index is 1.76. The van der Waals surface area contributed by atoms with Crippen molar-refractivity contribution in [1.82, 2.24) is 20.1 Å². The van der Waals surface area contributed by atoms with Crippen molar-refractivity contribution >= 4 is 17.7 Å². The quantitative estimate of drug-likeness (QED) is 0.720. The predicted octanol–water partition coefficient (Wildman–Crippen LogP) is 3.97. The molecular weight excluding hydrogens is 382 g/mol. The Bertz CT molecular complexity index is 973. The normalized spacial score (nSPS) is 17.2. The van der Waals surface area contributed by atoms with Crippen molar-refractivity contribution < 1.29 is 13.6 Å². The molecular formula is C20H18F2N4OS. The number of benzene rings is 2. The van der Waals surface area contributed by atoms with Crippen LogP contribution in [0.3, 0.4) is 0 Å². The van der Waals surface area contributed by atoms with E-state index in [1.54, 1.807) is 28.8 Å². The maximum Gasteiger partial charge on any atom is 0.233 e. The van der Waals surface area contributed by atoms with E-state index < -0.39 is 0 Å². The van der Waals surface area contributed by atoms with Gasteiger partial charge in [0.1, 0.15) is 11.6 Å². The van der Waals surface area contributed by atoms with Crippen LogP contribution in [0.4, 0.5) is 8.78 Å². The number of halogens is 2. The Kier molecular flexibility index (Phi) is 5.38. The average molecular weight is 400 g/mol. The van der Waals surface area contributed by atoms with Gasteiger partial charge in [0.25, 0.3) is 0 Å². The van der Waals surface area contributed by atoms with Crippen molar-refractivity contribution in [1.29, 1.82) is 0 Å². The molecule has 0 aliphatic carbocycles. The molecule has 1 aliphatic rings. The molecule has 0 radical (unpaired) electrons. The fraction of sp³-hybridized carbons (Fsp3) is 0.250. The highest BCUT2D eigenvalue weighted by molar-refractivity contribution is 8.00. The Morgan fingerprint density at radius 3 is 2.36 bits per heavy atom. The molecule has 1 amide bonds. The van der Waals surface area contributed by atoms with E-state index in [9.17, 15) is 13.6 Å². The Hall–Kier alpha value is -2.74. The smallest absolute Gasteiger partial charge is 0.233 e.